The maximum Gasteiger partial charge on any atom is 0.421 e. The van der Waals surface area contributed by atoms with E-state index in [1.807, 2.05) is 43.3 Å². The first-order valence-electron chi connectivity index (χ1n) is 8.12. The molecule has 0 aliphatic heterocycles. The fourth-order valence-electron chi connectivity index (χ4n) is 2.62. The average molecular weight is 352 g/mol. The second kappa shape index (κ2) is 7.41. The molecule has 0 aliphatic rings. The van der Waals surface area contributed by atoms with Gasteiger partial charge in [0.05, 0.1) is 19.3 Å². The fourth-order valence-corrected chi connectivity index (χ4v) is 2.62. The van der Waals surface area contributed by atoms with Gasteiger partial charge < -0.3 is 9.15 Å². The number of ether oxygens (including phenoxy) is 1. The van der Waals surface area contributed by atoms with E-state index in [0.717, 1.165) is 11.3 Å². The van der Waals surface area contributed by atoms with Crippen LogP contribution in [-0.2, 0) is 6.67 Å². The highest BCUT2D eigenvalue weighted by Gasteiger charge is 2.12. The summed E-state index contributed by atoms with van der Waals surface area (Å²) in [6.07, 6.45) is 3.23. The van der Waals surface area contributed by atoms with Crippen molar-refractivity contribution in [3.63, 3.8) is 0 Å². The molecule has 6 nitrogen and oxygen atoms in total. The summed E-state index contributed by atoms with van der Waals surface area (Å²) in [6.45, 7) is 0.413. The molecule has 0 fully saturated rings. The van der Waals surface area contributed by atoms with Gasteiger partial charge in [-0.1, -0.05) is 18.2 Å². The Morgan fingerprint density at radius 3 is 2.58 bits per heavy atom. The predicted molar refractivity (Wildman–Crippen MR) is 101 cm³/mol. The van der Waals surface area contributed by atoms with Gasteiger partial charge in [0.1, 0.15) is 5.75 Å². The zero-order valence-corrected chi connectivity index (χ0v) is 14.9. The molecule has 0 aliphatic carbocycles. The van der Waals surface area contributed by atoms with Crippen LogP contribution in [0, 0.1) is 0 Å². The van der Waals surface area contributed by atoms with Crippen molar-refractivity contribution in [2.75, 3.05) is 21.2 Å². The van der Waals surface area contributed by atoms with E-state index in [-0.39, 0.29) is 5.78 Å². The summed E-state index contributed by atoms with van der Waals surface area (Å²) in [5.74, 6) is 0.161. The number of carbonyl (C=O) groups excluding carboxylic acids is 1. The number of hydrogen-bond acceptors (Lipinski definition) is 5. The third-order valence-electron chi connectivity index (χ3n) is 3.92. The number of ketones is 1. The molecule has 0 N–H and O–H groups in total. The molecular weight excluding hydrogens is 332 g/mol. The van der Waals surface area contributed by atoms with Crippen molar-refractivity contribution in [2.24, 2.45) is 0 Å². The molecule has 134 valence electrons. The SMILES string of the molecule is COc1ccc(/C=C/C(=O)c2ccc3c(c2)oc(=O)n3CN(C)C)cc1. The number of methoxy groups -OCH3 is 1. The van der Waals surface area contributed by atoms with Crippen molar-refractivity contribution in [1.29, 1.82) is 0 Å². The molecule has 0 spiro atoms. The monoisotopic (exact) mass is 352 g/mol. The lowest BCUT2D eigenvalue weighted by atomic mass is 10.1. The van der Waals surface area contributed by atoms with Crippen LogP contribution in [0.1, 0.15) is 15.9 Å². The van der Waals surface area contributed by atoms with Gasteiger partial charge in [0.2, 0.25) is 0 Å². The fraction of sp³-hybridized carbons (Fsp3) is 0.200. The van der Waals surface area contributed by atoms with Crippen LogP contribution in [0.3, 0.4) is 0 Å². The molecule has 0 saturated carbocycles. The number of allylic oxidation sites excluding steroid dienone is 1. The predicted octanol–water partition coefficient (Wildman–Crippen LogP) is 3.02. The molecule has 3 rings (SSSR count). The smallest absolute Gasteiger partial charge is 0.421 e. The minimum absolute atomic E-state index is 0.161. The van der Waals surface area contributed by atoms with Gasteiger partial charge in [-0.3, -0.25) is 14.3 Å². The Labute approximate surface area is 150 Å². The summed E-state index contributed by atoms with van der Waals surface area (Å²) >= 11 is 0. The number of aromatic nitrogens is 1. The molecule has 0 bridgehead atoms. The van der Waals surface area contributed by atoms with Gasteiger partial charge >= 0.3 is 5.76 Å². The minimum atomic E-state index is -0.438. The Hall–Kier alpha value is -3.12. The van der Waals surface area contributed by atoms with Crippen molar-refractivity contribution in [2.45, 2.75) is 6.67 Å². The van der Waals surface area contributed by atoms with Gasteiger partial charge in [-0.15, -0.1) is 0 Å². The summed E-state index contributed by atoms with van der Waals surface area (Å²) in [5.41, 5.74) is 2.43. The molecule has 0 unspecified atom stereocenters. The van der Waals surface area contributed by atoms with Crippen molar-refractivity contribution >= 4 is 23.0 Å². The number of nitrogens with zero attached hydrogens (tertiary/aromatic N) is 2. The molecule has 6 heteroatoms. The molecular formula is C20H20N2O4. The molecule has 0 atom stereocenters. The van der Waals surface area contributed by atoms with Crippen molar-refractivity contribution in [3.05, 3.63) is 70.2 Å². The number of oxazole rings is 1. The normalized spacial score (nSPS) is 11.5. The van der Waals surface area contributed by atoms with E-state index in [2.05, 4.69) is 0 Å². The van der Waals surface area contributed by atoms with Crippen LogP contribution >= 0.6 is 0 Å². The van der Waals surface area contributed by atoms with E-state index >= 15 is 0 Å². The molecule has 0 amide bonds. The molecule has 26 heavy (non-hydrogen) atoms. The highest BCUT2D eigenvalue weighted by molar-refractivity contribution is 6.08. The van der Waals surface area contributed by atoms with E-state index in [0.29, 0.717) is 23.3 Å². The molecule has 1 heterocycles. The summed E-state index contributed by atoms with van der Waals surface area (Å²) in [7, 11) is 5.34. The zero-order chi connectivity index (χ0) is 18.7. The van der Waals surface area contributed by atoms with E-state index in [4.69, 9.17) is 9.15 Å². The average Bonchev–Trinajstić information content (AvgIpc) is 2.94. The highest BCUT2D eigenvalue weighted by Crippen LogP contribution is 2.17. The van der Waals surface area contributed by atoms with Gasteiger partial charge in [-0.25, -0.2) is 4.79 Å². The first-order chi connectivity index (χ1) is 12.5. The maximum atomic E-state index is 12.4. The van der Waals surface area contributed by atoms with Gasteiger partial charge in [0.25, 0.3) is 0 Å². The lowest BCUT2D eigenvalue weighted by Crippen LogP contribution is -2.24. The Balaban J connectivity index is 1.84. The van der Waals surface area contributed by atoms with E-state index in [1.54, 1.807) is 31.4 Å². The number of carbonyl (C=O) groups is 1. The quantitative estimate of drug-likeness (QED) is 0.504. The molecule has 1 aromatic heterocycles. The van der Waals surface area contributed by atoms with Crippen LogP contribution < -0.4 is 10.5 Å². The number of benzene rings is 2. The topological polar surface area (TPSA) is 64.7 Å². The number of hydrogen-bond donors (Lipinski definition) is 0. The van der Waals surface area contributed by atoms with Crippen LogP contribution in [0.2, 0.25) is 0 Å². The van der Waals surface area contributed by atoms with Gasteiger partial charge in [-0.2, -0.15) is 0 Å². The van der Waals surface area contributed by atoms with Crippen molar-refractivity contribution in [1.82, 2.24) is 9.47 Å². The number of fused-ring (bicyclic) bond motifs is 1. The van der Waals surface area contributed by atoms with E-state index in [1.165, 1.54) is 10.6 Å². The standard InChI is InChI=1S/C20H20N2O4/c1-21(2)13-22-17-10-7-15(12-19(17)26-20(22)24)18(23)11-6-14-4-8-16(25-3)9-5-14/h4-12H,13H2,1-3H3/b11-6+. The second-order valence-electron chi connectivity index (χ2n) is 6.17. The third kappa shape index (κ3) is 3.75. The van der Waals surface area contributed by atoms with Crippen LogP contribution in [0.25, 0.3) is 17.2 Å². The van der Waals surface area contributed by atoms with Crippen molar-refractivity contribution in [3.8, 4) is 5.75 Å². The van der Waals surface area contributed by atoms with Crippen molar-refractivity contribution < 1.29 is 13.9 Å². The minimum Gasteiger partial charge on any atom is -0.497 e. The molecule has 2 aromatic carbocycles. The van der Waals surface area contributed by atoms with Crippen LogP contribution in [0.15, 0.2) is 57.8 Å². The van der Waals surface area contributed by atoms with E-state index < -0.39 is 5.76 Å². The zero-order valence-electron chi connectivity index (χ0n) is 14.9. The lowest BCUT2D eigenvalue weighted by molar-refractivity contribution is 0.104. The van der Waals surface area contributed by atoms with E-state index in [9.17, 15) is 9.59 Å². The summed E-state index contributed by atoms with van der Waals surface area (Å²) in [6, 6.07) is 12.4. The maximum absolute atomic E-state index is 12.4. The number of rotatable bonds is 6. The summed E-state index contributed by atoms with van der Waals surface area (Å²) in [4.78, 5) is 26.3. The largest absolute Gasteiger partial charge is 0.497 e. The van der Waals surface area contributed by atoms with Crippen LogP contribution in [0.5, 0.6) is 5.75 Å². The second-order valence-corrected chi connectivity index (χ2v) is 6.17. The van der Waals surface area contributed by atoms with Gasteiger partial charge in [0, 0.05) is 5.56 Å². The highest BCUT2D eigenvalue weighted by atomic mass is 16.5. The first-order valence-corrected chi connectivity index (χ1v) is 8.12. The summed E-state index contributed by atoms with van der Waals surface area (Å²) < 4.78 is 11.9. The Bertz CT molecular complexity index is 1010. The van der Waals surface area contributed by atoms with Gasteiger partial charge in [0.15, 0.2) is 11.4 Å². The van der Waals surface area contributed by atoms with Gasteiger partial charge in [-0.05, 0) is 56.1 Å². The molecule has 3 aromatic rings. The molecule has 0 saturated heterocycles. The third-order valence-corrected chi connectivity index (χ3v) is 3.92. The summed E-state index contributed by atoms with van der Waals surface area (Å²) in [5, 5.41) is 0. The molecule has 0 radical (unpaired) electrons. The first kappa shape index (κ1) is 17.7. The Morgan fingerprint density at radius 2 is 1.92 bits per heavy atom. The Kier molecular flexibility index (Phi) is 5.04. The Morgan fingerprint density at radius 1 is 1.19 bits per heavy atom. The van der Waals surface area contributed by atoms with Crippen LogP contribution in [-0.4, -0.2) is 36.5 Å². The van der Waals surface area contributed by atoms with Crippen LogP contribution in [0.4, 0.5) is 0 Å². The lowest BCUT2D eigenvalue weighted by Gasteiger charge is -2.09.